The summed E-state index contributed by atoms with van der Waals surface area (Å²) < 4.78 is 0. The molecule has 2 N–H and O–H groups in total. The van der Waals surface area contributed by atoms with Crippen LogP contribution in [0.2, 0.25) is 5.02 Å². The molecule has 0 radical (unpaired) electrons. The van der Waals surface area contributed by atoms with Gasteiger partial charge in [0, 0.05) is 5.69 Å². The second-order valence-electron chi connectivity index (χ2n) is 3.33. The van der Waals surface area contributed by atoms with Crippen LogP contribution in [0.5, 0.6) is 0 Å². The minimum absolute atomic E-state index is 0.0609. The highest BCUT2D eigenvalue weighted by atomic mass is 35.5. The molecule has 0 bridgehead atoms. The Labute approximate surface area is 97.3 Å². The lowest BCUT2D eigenvalue weighted by Crippen LogP contribution is -2.09. The average Bonchev–Trinajstić information content (AvgIpc) is 2.28. The van der Waals surface area contributed by atoms with Crippen molar-refractivity contribution in [3.63, 3.8) is 0 Å². The predicted molar refractivity (Wildman–Crippen MR) is 64.3 cm³/mol. The molecule has 5 heteroatoms. The summed E-state index contributed by atoms with van der Waals surface area (Å²) in [6, 6.07) is 7.70. The maximum atomic E-state index is 11.2. The number of hydrogen-bond donors (Lipinski definition) is 2. The molecule has 0 atom stereocenters. The van der Waals surface area contributed by atoms with Crippen molar-refractivity contribution < 1.29 is 0 Å². The van der Waals surface area contributed by atoms with Gasteiger partial charge in [0.15, 0.2) is 5.82 Å². The SMILES string of the molecule is Cc1ccccc1Nc1nc[nH]c(=O)c1Cl. The summed E-state index contributed by atoms with van der Waals surface area (Å²) in [4.78, 5) is 17.6. The first-order valence-electron chi connectivity index (χ1n) is 4.74. The van der Waals surface area contributed by atoms with Gasteiger partial charge in [0.05, 0.1) is 6.33 Å². The fourth-order valence-electron chi connectivity index (χ4n) is 1.31. The van der Waals surface area contributed by atoms with Crippen LogP contribution in [0.15, 0.2) is 35.4 Å². The maximum Gasteiger partial charge on any atom is 0.271 e. The minimum Gasteiger partial charge on any atom is -0.339 e. The van der Waals surface area contributed by atoms with Gasteiger partial charge in [0.25, 0.3) is 5.56 Å². The molecule has 0 saturated carbocycles. The van der Waals surface area contributed by atoms with Crippen molar-refractivity contribution in [1.82, 2.24) is 9.97 Å². The molecular weight excluding hydrogens is 226 g/mol. The van der Waals surface area contributed by atoms with E-state index in [0.717, 1.165) is 11.3 Å². The molecule has 1 heterocycles. The monoisotopic (exact) mass is 235 g/mol. The Bertz CT molecular complexity index is 565. The van der Waals surface area contributed by atoms with E-state index in [1.165, 1.54) is 6.33 Å². The van der Waals surface area contributed by atoms with Crippen LogP contribution in [0.4, 0.5) is 11.5 Å². The van der Waals surface area contributed by atoms with Crippen LogP contribution >= 0.6 is 11.6 Å². The van der Waals surface area contributed by atoms with Crippen LogP contribution in [-0.4, -0.2) is 9.97 Å². The summed E-state index contributed by atoms with van der Waals surface area (Å²) in [5.41, 5.74) is 1.58. The molecule has 0 amide bonds. The number of aryl methyl sites for hydroxylation is 1. The Morgan fingerprint density at radius 3 is 2.88 bits per heavy atom. The summed E-state index contributed by atoms with van der Waals surface area (Å²) in [7, 11) is 0. The third-order valence-electron chi connectivity index (χ3n) is 2.19. The number of aromatic amines is 1. The first-order chi connectivity index (χ1) is 7.68. The van der Waals surface area contributed by atoms with Gasteiger partial charge in [0.2, 0.25) is 0 Å². The van der Waals surface area contributed by atoms with Crippen LogP contribution in [0.1, 0.15) is 5.56 Å². The first-order valence-corrected chi connectivity index (χ1v) is 5.12. The molecule has 0 fully saturated rings. The van der Waals surface area contributed by atoms with Gasteiger partial charge < -0.3 is 10.3 Å². The number of nitrogens with zero attached hydrogens (tertiary/aromatic N) is 1. The number of anilines is 2. The van der Waals surface area contributed by atoms with Crippen LogP contribution < -0.4 is 10.9 Å². The lowest BCUT2D eigenvalue weighted by Gasteiger charge is -2.08. The van der Waals surface area contributed by atoms with Gasteiger partial charge in [-0.15, -0.1) is 0 Å². The van der Waals surface area contributed by atoms with Crippen molar-refractivity contribution in [3.8, 4) is 0 Å². The molecule has 0 saturated heterocycles. The lowest BCUT2D eigenvalue weighted by molar-refractivity contribution is 1.12. The Kier molecular flexibility index (Phi) is 2.92. The lowest BCUT2D eigenvalue weighted by atomic mass is 10.2. The van der Waals surface area contributed by atoms with Gasteiger partial charge in [-0.1, -0.05) is 29.8 Å². The van der Waals surface area contributed by atoms with Gasteiger partial charge in [-0.2, -0.15) is 0 Å². The Hall–Kier alpha value is -1.81. The number of nitrogens with one attached hydrogen (secondary N) is 2. The smallest absolute Gasteiger partial charge is 0.271 e. The van der Waals surface area contributed by atoms with Crippen molar-refractivity contribution in [2.75, 3.05) is 5.32 Å². The number of para-hydroxylation sites is 1. The Morgan fingerprint density at radius 2 is 2.12 bits per heavy atom. The molecule has 0 unspecified atom stereocenters. The molecule has 16 heavy (non-hydrogen) atoms. The van der Waals surface area contributed by atoms with Crippen molar-refractivity contribution in [3.05, 3.63) is 51.5 Å². The largest absolute Gasteiger partial charge is 0.339 e. The summed E-state index contributed by atoms with van der Waals surface area (Å²) in [6.45, 7) is 1.96. The van der Waals surface area contributed by atoms with Gasteiger partial charge in [-0.05, 0) is 18.6 Å². The van der Waals surface area contributed by atoms with E-state index in [0.29, 0.717) is 5.82 Å². The fraction of sp³-hybridized carbons (Fsp3) is 0.0909. The second kappa shape index (κ2) is 4.37. The molecule has 2 aromatic rings. The van der Waals surface area contributed by atoms with Gasteiger partial charge >= 0.3 is 0 Å². The van der Waals surface area contributed by atoms with Crippen molar-refractivity contribution in [2.45, 2.75) is 6.92 Å². The number of hydrogen-bond acceptors (Lipinski definition) is 3. The molecule has 0 aliphatic heterocycles. The molecule has 0 aliphatic carbocycles. The van der Waals surface area contributed by atoms with Crippen molar-refractivity contribution >= 4 is 23.1 Å². The average molecular weight is 236 g/mol. The molecule has 1 aromatic heterocycles. The summed E-state index contributed by atoms with van der Waals surface area (Å²) in [5.74, 6) is 0.361. The summed E-state index contributed by atoms with van der Waals surface area (Å²) in [6.07, 6.45) is 1.31. The van der Waals surface area contributed by atoms with E-state index in [9.17, 15) is 4.79 Å². The predicted octanol–water partition coefficient (Wildman–Crippen LogP) is 2.48. The van der Waals surface area contributed by atoms with E-state index < -0.39 is 0 Å². The molecule has 1 aromatic carbocycles. The standard InChI is InChI=1S/C11H10ClN3O/c1-7-4-2-3-5-8(7)15-10-9(12)11(16)14-6-13-10/h2-6H,1H3,(H2,13,14,15,16). The minimum atomic E-state index is -0.354. The van der Waals surface area contributed by atoms with E-state index in [1.807, 2.05) is 31.2 Å². The van der Waals surface area contributed by atoms with Crippen LogP contribution in [-0.2, 0) is 0 Å². The van der Waals surface area contributed by atoms with Gasteiger partial charge in [-0.3, -0.25) is 4.79 Å². The number of aromatic nitrogens is 2. The fourth-order valence-corrected chi connectivity index (χ4v) is 1.46. The molecule has 82 valence electrons. The molecule has 0 spiro atoms. The van der Waals surface area contributed by atoms with E-state index >= 15 is 0 Å². The maximum absolute atomic E-state index is 11.2. The molecule has 4 nitrogen and oxygen atoms in total. The zero-order chi connectivity index (χ0) is 11.5. The van der Waals surface area contributed by atoms with E-state index in [4.69, 9.17) is 11.6 Å². The highest BCUT2D eigenvalue weighted by Crippen LogP contribution is 2.21. The zero-order valence-corrected chi connectivity index (χ0v) is 9.38. The highest BCUT2D eigenvalue weighted by molar-refractivity contribution is 6.32. The quantitative estimate of drug-likeness (QED) is 0.841. The third kappa shape index (κ3) is 2.06. The van der Waals surface area contributed by atoms with Gasteiger partial charge in [0.1, 0.15) is 5.02 Å². The van der Waals surface area contributed by atoms with Crippen LogP contribution in [0, 0.1) is 6.92 Å². The topological polar surface area (TPSA) is 57.8 Å². The number of H-pyrrole nitrogens is 1. The van der Waals surface area contributed by atoms with Gasteiger partial charge in [-0.25, -0.2) is 4.98 Å². The Balaban J connectivity index is 2.38. The van der Waals surface area contributed by atoms with Crippen LogP contribution in [0.3, 0.4) is 0 Å². The van der Waals surface area contributed by atoms with Crippen molar-refractivity contribution in [2.24, 2.45) is 0 Å². The first kappa shape index (κ1) is 10.7. The second-order valence-corrected chi connectivity index (χ2v) is 3.71. The summed E-state index contributed by atoms with van der Waals surface area (Å²) in [5, 5.41) is 3.08. The molecule has 2 rings (SSSR count). The summed E-state index contributed by atoms with van der Waals surface area (Å²) >= 11 is 5.83. The Morgan fingerprint density at radius 1 is 1.38 bits per heavy atom. The normalized spacial score (nSPS) is 10.1. The zero-order valence-electron chi connectivity index (χ0n) is 8.62. The molecule has 0 aliphatic rings. The van der Waals surface area contributed by atoms with E-state index in [2.05, 4.69) is 15.3 Å². The highest BCUT2D eigenvalue weighted by Gasteiger charge is 2.06. The third-order valence-corrected chi connectivity index (χ3v) is 2.55. The van der Waals surface area contributed by atoms with Crippen molar-refractivity contribution in [1.29, 1.82) is 0 Å². The number of benzene rings is 1. The number of rotatable bonds is 2. The molecular formula is C11H10ClN3O. The van der Waals surface area contributed by atoms with E-state index in [1.54, 1.807) is 0 Å². The van der Waals surface area contributed by atoms with E-state index in [-0.39, 0.29) is 10.6 Å². The van der Waals surface area contributed by atoms with Crippen LogP contribution in [0.25, 0.3) is 0 Å². The number of halogens is 1.